The van der Waals surface area contributed by atoms with Crippen LogP contribution in [-0.2, 0) is 4.79 Å². The van der Waals surface area contributed by atoms with E-state index < -0.39 is 0 Å². The van der Waals surface area contributed by atoms with Crippen molar-refractivity contribution >= 4 is 23.4 Å². The summed E-state index contributed by atoms with van der Waals surface area (Å²) in [6.07, 6.45) is 3.89. The number of anilines is 1. The van der Waals surface area contributed by atoms with Crippen molar-refractivity contribution in [2.45, 2.75) is 23.8 Å². The molecule has 1 fully saturated rings. The van der Waals surface area contributed by atoms with Crippen LogP contribution >= 0.6 is 11.8 Å². The van der Waals surface area contributed by atoms with Crippen LogP contribution in [0.4, 0.5) is 5.69 Å². The molecule has 1 N–H and O–H groups in total. The maximum Gasteiger partial charge on any atom is 0.260 e. The normalized spacial score (nSPS) is 15.2. The summed E-state index contributed by atoms with van der Waals surface area (Å²) in [7, 11) is 0. The molecule has 1 saturated carbocycles. The Morgan fingerprint density at radius 1 is 1.17 bits per heavy atom. The summed E-state index contributed by atoms with van der Waals surface area (Å²) in [5, 5.41) is 7.61. The molecule has 1 aromatic carbocycles. The van der Waals surface area contributed by atoms with E-state index in [9.17, 15) is 4.79 Å². The third kappa shape index (κ3) is 4.04. The number of amides is 1. The van der Waals surface area contributed by atoms with Crippen LogP contribution in [0.15, 0.2) is 46.1 Å². The van der Waals surface area contributed by atoms with Crippen LogP contribution in [0.1, 0.15) is 24.6 Å². The fourth-order valence-corrected chi connectivity index (χ4v) is 3.76. The number of fused-ring (bicyclic) bond motifs is 1. The predicted molar refractivity (Wildman–Crippen MR) is 106 cm³/mol. The van der Waals surface area contributed by atoms with Gasteiger partial charge < -0.3 is 19.3 Å². The number of benzene rings is 1. The van der Waals surface area contributed by atoms with Crippen molar-refractivity contribution in [3.8, 4) is 23.0 Å². The average Bonchev–Trinajstić information content (AvgIpc) is 3.49. The standard InChI is InChI=1S/C20H18N4O4S/c25-17(22-13-5-6-15-16(10-13)27-9-8-26-15)11-29-20-14(2-1-7-21-20)19-23-18(24-28-19)12-3-4-12/h1-2,5-7,10,12H,3-4,8-9,11H2,(H,22,25). The van der Waals surface area contributed by atoms with E-state index in [2.05, 4.69) is 20.4 Å². The van der Waals surface area contributed by atoms with Gasteiger partial charge in [0.25, 0.3) is 5.89 Å². The number of nitrogens with zero attached hydrogens (tertiary/aromatic N) is 3. The van der Waals surface area contributed by atoms with Crippen LogP contribution in [0, 0.1) is 0 Å². The predicted octanol–water partition coefficient (Wildman–Crippen LogP) is 3.51. The Kier molecular flexibility index (Phi) is 4.81. The van der Waals surface area contributed by atoms with E-state index in [0.717, 1.165) is 24.2 Å². The van der Waals surface area contributed by atoms with Gasteiger partial charge in [-0.15, -0.1) is 0 Å². The van der Waals surface area contributed by atoms with E-state index in [4.69, 9.17) is 14.0 Å². The molecule has 0 bridgehead atoms. The largest absolute Gasteiger partial charge is 0.486 e. The fourth-order valence-electron chi connectivity index (χ4n) is 2.97. The maximum absolute atomic E-state index is 12.4. The first-order valence-corrected chi connectivity index (χ1v) is 10.4. The van der Waals surface area contributed by atoms with Crippen molar-refractivity contribution in [3.05, 3.63) is 42.4 Å². The summed E-state index contributed by atoms with van der Waals surface area (Å²) in [5.41, 5.74) is 1.40. The van der Waals surface area contributed by atoms with E-state index in [1.165, 1.54) is 11.8 Å². The highest BCUT2D eigenvalue weighted by molar-refractivity contribution is 8.00. The quantitative estimate of drug-likeness (QED) is 0.617. The van der Waals surface area contributed by atoms with Crippen molar-refractivity contribution in [2.24, 2.45) is 0 Å². The van der Waals surface area contributed by atoms with Gasteiger partial charge in [-0.05, 0) is 37.1 Å². The van der Waals surface area contributed by atoms with E-state index in [0.29, 0.717) is 47.2 Å². The molecule has 3 heterocycles. The highest BCUT2D eigenvalue weighted by atomic mass is 32.2. The summed E-state index contributed by atoms with van der Waals surface area (Å²) in [6, 6.07) is 9.04. The van der Waals surface area contributed by atoms with E-state index in [-0.39, 0.29) is 11.7 Å². The SMILES string of the molecule is O=C(CSc1ncccc1-c1nc(C2CC2)no1)Nc1ccc2c(c1)OCCO2. The summed E-state index contributed by atoms with van der Waals surface area (Å²) in [5.74, 6) is 2.97. The number of thioether (sulfide) groups is 1. The van der Waals surface area contributed by atoms with Crippen LogP contribution in [0.5, 0.6) is 11.5 Å². The lowest BCUT2D eigenvalue weighted by Crippen LogP contribution is -2.17. The van der Waals surface area contributed by atoms with Crippen molar-refractivity contribution in [1.82, 2.24) is 15.1 Å². The third-order valence-electron chi connectivity index (χ3n) is 4.55. The lowest BCUT2D eigenvalue weighted by atomic mass is 10.2. The summed E-state index contributed by atoms with van der Waals surface area (Å²) in [4.78, 5) is 21.3. The molecule has 1 amide bonds. The number of pyridine rings is 1. The highest BCUT2D eigenvalue weighted by Crippen LogP contribution is 2.39. The van der Waals surface area contributed by atoms with Gasteiger partial charge in [0.2, 0.25) is 5.91 Å². The van der Waals surface area contributed by atoms with Gasteiger partial charge in [0.05, 0.1) is 11.3 Å². The molecule has 1 aliphatic heterocycles. The summed E-state index contributed by atoms with van der Waals surface area (Å²) < 4.78 is 16.4. The van der Waals surface area contributed by atoms with Crippen LogP contribution in [0.25, 0.3) is 11.5 Å². The van der Waals surface area contributed by atoms with Crippen LogP contribution in [0.3, 0.4) is 0 Å². The monoisotopic (exact) mass is 410 g/mol. The molecule has 2 aromatic heterocycles. The second-order valence-electron chi connectivity index (χ2n) is 6.78. The minimum atomic E-state index is -0.146. The molecule has 0 unspecified atom stereocenters. The molecule has 0 spiro atoms. The Bertz CT molecular complexity index is 1050. The minimum Gasteiger partial charge on any atom is -0.486 e. The second kappa shape index (κ2) is 7.75. The molecule has 1 aliphatic carbocycles. The zero-order valence-corrected chi connectivity index (χ0v) is 16.3. The van der Waals surface area contributed by atoms with E-state index in [1.54, 1.807) is 24.4 Å². The molecule has 29 heavy (non-hydrogen) atoms. The van der Waals surface area contributed by atoms with Gasteiger partial charge in [-0.3, -0.25) is 4.79 Å². The Morgan fingerprint density at radius 3 is 2.90 bits per heavy atom. The zero-order valence-electron chi connectivity index (χ0n) is 15.5. The van der Waals surface area contributed by atoms with Crippen molar-refractivity contribution in [1.29, 1.82) is 0 Å². The highest BCUT2D eigenvalue weighted by Gasteiger charge is 2.29. The van der Waals surface area contributed by atoms with Crippen LogP contribution in [0.2, 0.25) is 0 Å². The molecule has 9 heteroatoms. The molecule has 2 aliphatic rings. The summed E-state index contributed by atoms with van der Waals surface area (Å²) >= 11 is 1.32. The fraction of sp³-hybridized carbons (Fsp3) is 0.300. The number of aromatic nitrogens is 3. The van der Waals surface area contributed by atoms with Gasteiger partial charge in [-0.25, -0.2) is 4.98 Å². The van der Waals surface area contributed by atoms with Gasteiger partial charge in [-0.1, -0.05) is 16.9 Å². The molecule has 0 saturated heterocycles. The number of ether oxygens (including phenoxy) is 2. The number of hydrogen-bond acceptors (Lipinski definition) is 8. The van der Waals surface area contributed by atoms with E-state index in [1.807, 2.05) is 12.1 Å². The van der Waals surface area contributed by atoms with Gasteiger partial charge in [0.1, 0.15) is 18.2 Å². The maximum atomic E-state index is 12.4. The van der Waals surface area contributed by atoms with Gasteiger partial charge in [0.15, 0.2) is 17.3 Å². The topological polar surface area (TPSA) is 99.4 Å². The van der Waals surface area contributed by atoms with Crippen LogP contribution < -0.4 is 14.8 Å². The number of carbonyl (C=O) groups is 1. The van der Waals surface area contributed by atoms with Gasteiger partial charge in [-0.2, -0.15) is 4.98 Å². The van der Waals surface area contributed by atoms with Crippen molar-refractivity contribution in [2.75, 3.05) is 24.3 Å². The Balaban J connectivity index is 1.25. The summed E-state index contributed by atoms with van der Waals surface area (Å²) in [6.45, 7) is 1.03. The minimum absolute atomic E-state index is 0.146. The van der Waals surface area contributed by atoms with E-state index >= 15 is 0 Å². The first kappa shape index (κ1) is 18.0. The molecule has 5 rings (SSSR count). The lowest BCUT2D eigenvalue weighted by Gasteiger charge is -2.19. The molecule has 0 radical (unpaired) electrons. The number of rotatable bonds is 6. The number of nitrogens with one attached hydrogen (secondary N) is 1. The van der Waals surface area contributed by atoms with Gasteiger partial charge in [0, 0.05) is 23.9 Å². The molecular formula is C20H18N4O4S. The van der Waals surface area contributed by atoms with Crippen LogP contribution in [-0.4, -0.2) is 40.0 Å². The average molecular weight is 410 g/mol. The smallest absolute Gasteiger partial charge is 0.260 e. The first-order chi connectivity index (χ1) is 14.3. The van der Waals surface area contributed by atoms with Crippen molar-refractivity contribution in [3.63, 3.8) is 0 Å². The molecule has 8 nitrogen and oxygen atoms in total. The zero-order chi connectivity index (χ0) is 19.6. The Hall–Kier alpha value is -3.07. The molecule has 148 valence electrons. The molecule has 3 aromatic rings. The Morgan fingerprint density at radius 2 is 2.03 bits per heavy atom. The molecular weight excluding hydrogens is 392 g/mol. The number of carbonyl (C=O) groups excluding carboxylic acids is 1. The molecule has 0 atom stereocenters. The third-order valence-corrected chi connectivity index (χ3v) is 5.56. The first-order valence-electron chi connectivity index (χ1n) is 9.37. The van der Waals surface area contributed by atoms with Crippen molar-refractivity contribution < 1.29 is 18.8 Å². The van der Waals surface area contributed by atoms with Gasteiger partial charge >= 0.3 is 0 Å². The second-order valence-corrected chi connectivity index (χ2v) is 7.75. The Labute approximate surface area is 171 Å². The lowest BCUT2D eigenvalue weighted by molar-refractivity contribution is -0.113. The number of hydrogen-bond donors (Lipinski definition) is 1.